The maximum Gasteiger partial charge on any atom is 0.339 e. The predicted molar refractivity (Wildman–Crippen MR) is 128 cm³/mol. The lowest BCUT2D eigenvalue weighted by Gasteiger charge is -2.27. The molecule has 2 aliphatic rings. The normalized spacial score (nSPS) is 18.9. The van der Waals surface area contributed by atoms with Crippen LogP contribution in [0.15, 0.2) is 70.8 Å². The minimum Gasteiger partial charge on any atom is -0.507 e. The Morgan fingerprint density at radius 2 is 1.61 bits per heavy atom. The molecule has 0 saturated heterocycles. The third kappa shape index (κ3) is 4.58. The fraction of sp³-hybridized carbons (Fsp3) is 0.444. The molecule has 1 atom stereocenters. The number of ether oxygens (including phenoxy) is 1. The van der Waals surface area contributed by atoms with Gasteiger partial charge < -0.3 is 9.84 Å². The van der Waals surface area contributed by atoms with E-state index in [0.717, 1.165) is 31.2 Å². The summed E-state index contributed by atoms with van der Waals surface area (Å²) < 4.78 is 32.1. The lowest BCUT2D eigenvalue weighted by atomic mass is 9.81. The number of aliphatic hydroxyl groups is 1. The number of hydrogen-bond donors (Lipinski definition) is 1. The summed E-state index contributed by atoms with van der Waals surface area (Å²) in [6, 6.07) is 15.8. The molecule has 2 aromatic rings. The van der Waals surface area contributed by atoms with Gasteiger partial charge in [-0.1, -0.05) is 69.2 Å². The largest absolute Gasteiger partial charge is 0.507 e. The van der Waals surface area contributed by atoms with E-state index in [0.29, 0.717) is 24.0 Å². The van der Waals surface area contributed by atoms with Gasteiger partial charge in [0.05, 0.1) is 16.2 Å². The van der Waals surface area contributed by atoms with Gasteiger partial charge in [-0.05, 0) is 54.9 Å². The topological polar surface area (TPSA) is 80.7 Å². The molecule has 1 N–H and O–H groups in total. The minimum absolute atomic E-state index is 0.0498. The molecule has 33 heavy (non-hydrogen) atoms. The number of benzene rings is 2. The molecule has 5 nitrogen and oxygen atoms in total. The Balaban J connectivity index is 1.78. The van der Waals surface area contributed by atoms with Crippen LogP contribution < -0.4 is 0 Å². The molecule has 0 spiro atoms. The summed E-state index contributed by atoms with van der Waals surface area (Å²) in [6.07, 6.45) is 4.58. The fourth-order valence-corrected chi connectivity index (χ4v) is 6.54. The van der Waals surface area contributed by atoms with E-state index in [1.807, 2.05) is 38.1 Å². The molecule has 0 aromatic heterocycles. The first-order valence-electron chi connectivity index (χ1n) is 11.9. The monoisotopic (exact) mass is 468 g/mol. The Labute approximate surface area is 196 Å². The van der Waals surface area contributed by atoms with Crippen molar-refractivity contribution in [2.75, 3.05) is 0 Å². The summed E-state index contributed by atoms with van der Waals surface area (Å²) in [5, 5.41) is 11.4. The smallest absolute Gasteiger partial charge is 0.339 e. The first-order chi connectivity index (χ1) is 15.8. The second kappa shape index (κ2) is 9.34. The molecule has 0 amide bonds. The van der Waals surface area contributed by atoms with Crippen molar-refractivity contribution < 1.29 is 23.1 Å². The number of sulfone groups is 1. The van der Waals surface area contributed by atoms with Crippen LogP contribution in [-0.2, 0) is 25.1 Å². The first kappa shape index (κ1) is 23.6. The van der Waals surface area contributed by atoms with Gasteiger partial charge in [-0.3, -0.25) is 0 Å². The van der Waals surface area contributed by atoms with Crippen LogP contribution in [0.5, 0.6) is 0 Å². The van der Waals surface area contributed by atoms with Crippen LogP contribution in [0.4, 0.5) is 0 Å². The molecule has 6 heteroatoms. The molecule has 0 bridgehead atoms. The first-order valence-corrected chi connectivity index (χ1v) is 13.5. The summed E-state index contributed by atoms with van der Waals surface area (Å²) in [6.45, 7) is 4.03. The third-order valence-electron chi connectivity index (χ3n) is 6.74. The van der Waals surface area contributed by atoms with E-state index >= 15 is 0 Å². The molecular weight excluding hydrogens is 436 g/mol. The minimum atomic E-state index is -3.56. The maximum absolute atomic E-state index is 13.2. The second-order valence-corrected chi connectivity index (χ2v) is 11.2. The van der Waals surface area contributed by atoms with Crippen molar-refractivity contribution in [3.63, 3.8) is 0 Å². The fourth-order valence-electron chi connectivity index (χ4n) is 5.13. The van der Waals surface area contributed by atoms with Gasteiger partial charge in [-0.2, -0.15) is 0 Å². The van der Waals surface area contributed by atoms with Crippen molar-refractivity contribution in [1.29, 1.82) is 0 Å². The van der Waals surface area contributed by atoms with E-state index in [1.165, 1.54) is 0 Å². The lowest BCUT2D eigenvalue weighted by molar-refractivity contribution is -0.149. The zero-order chi connectivity index (χ0) is 23.6. The molecule has 1 saturated carbocycles. The average Bonchev–Trinajstić information content (AvgIpc) is 3.60. The van der Waals surface area contributed by atoms with Crippen LogP contribution in [0.2, 0.25) is 0 Å². The van der Waals surface area contributed by atoms with Crippen molar-refractivity contribution in [3.05, 3.63) is 77.1 Å². The SMILES string of the molecule is CCCC1(CCC)OC(=O)C(C(c2ccccc2CS(=O)(=O)c2ccccc2)C2CC2)=C1O. The number of cyclic esters (lactones) is 1. The van der Waals surface area contributed by atoms with Gasteiger partial charge >= 0.3 is 5.97 Å². The molecule has 1 heterocycles. The predicted octanol–water partition coefficient (Wildman–Crippen LogP) is 5.86. The molecule has 1 aliphatic heterocycles. The Morgan fingerprint density at radius 1 is 1.00 bits per heavy atom. The van der Waals surface area contributed by atoms with E-state index in [2.05, 4.69) is 0 Å². The van der Waals surface area contributed by atoms with Crippen molar-refractivity contribution in [3.8, 4) is 0 Å². The molecular formula is C27H32O5S. The van der Waals surface area contributed by atoms with Gasteiger partial charge in [-0.15, -0.1) is 0 Å². The highest BCUT2D eigenvalue weighted by Crippen LogP contribution is 2.52. The molecule has 1 aliphatic carbocycles. The van der Waals surface area contributed by atoms with E-state index < -0.39 is 21.4 Å². The van der Waals surface area contributed by atoms with Gasteiger partial charge in [0.15, 0.2) is 15.4 Å². The van der Waals surface area contributed by atoms with E-state index in [9.17, 15) is 18.3 Å². The van der Waals surface area contributed by atoms with Gasteiger partial charge in [0.2, 0.25) is 0 Å². The van der Waals surface area contributed by atoms with Crippen LogP contribution in [0.25, 0.3) is 0 Å². The van der Waals surface area contributed by atoms with Crippen LogP contribution in [0.3, 0.4) is 0 Å². The van der Waals surface area contributed by atoms with E-state index in [1.54, 1.807) is 30.3 Å². The van der Waals surface area contributed by atoms with Crippen LogP contribution in [0.1, 0.15) is 69.4 Å². The zero-order valence-electron chi connectivity index (χ0n) is 19.3. The lowest BCUT2D eigenvalue weighted by Crippen LogP contribution is -2.31. The van der Waals surface area contributed by atoms with Crippen LogP contribution >= 0.6 is 0 Å². The van der Waals surface area contributed by atoms with Crippen LogP contribution in [0, 0.1) is 5.92 Å². The summed E-state index contributed by atoms with van der Waals surface area (Å²) in [4.78, 5) is 13.4. The average molecular weight is 469 g/mol. The number of carbonyl (C=O) groups is 1. The molecule has 1 unspecified atom stereocenters. The Morgan fingerprint density at radius 3 is 2.21 bits per heavy atom. The summed E-state index contributed by atoms with van der Waals surface area (Å²) in [5.74, 6) is -0.750. The van der Waals surface area contributed by atoms with Gasteiger partial charge in [0.1, 0.15) is 5.76 Å². The quantitative estimate of drug-likeness (QED) is 0.442. The maximum atomic E-state index is 13.2. The molecule has 2 aromatic carbocycles. The highest BCUT2D eigenvalue weighted by Gasteiger charge is 2.52. The van der Waals surface area contributed by atoms with Crippen molar-refractivity contribution in [2.24, 2.45) is 5.92 Å². The zero-order valence-corrected chi connectivity index (χ0v) is 20.1. The van der Waals surface area contributed by atoms with Gasteiger partial charge in [-0.25, -0.2) is 13.2 Å². The Bertz CT molecular complexity index is 1140. The van der Waals surface area contributed by atoms with E-state index in [-0.39, 0.29) is 28.2 Å². The number of aliphatic hydroxyl groups excluding tert-OH is 1. The van der Waals surface area contributed by atoms with Crippen LogP contribution in [-0.4, -0.2) is 25.1 Å². The van der Waals surface area contributed by atoms with Gasteiger partial charge in [0, 0.05) is 5.92 Å². The van der Waals surface area contributed by atoms with Crippen molar-refractivity contribution in [2.45, 2.75) is 74.5 Å². The molecule has 176 valence electrons. The Hall–Kier alpha value is -2.60. The molecule has 4 rings (SSSR count). The Kier molecular flexibility index (Phi) is 6.66. The number of carbonyl (C=O) groups excluding carboxylic acids is 1. The summed E-state index contributed by atoms with van der Waals surface area (Å²) >= 11 is 0. The number of esters is 1. The third-order valence-corrected chi connectivity index (χ3v) is 8.43. The highest BCUT2D eigenvalue weighted by atomic mass is 32.2. The van der Waals surface area contributed by atoms with E-state index in [4.69, 9.17) is 4.74 Å². The van der Waals surface area contributed by atoms with Crippen molar-refractivity contribution in [1.82, 2.24) is 0 Å². The molecule has 1 fully saturated rings. The summed E-state index contributed by atoms with van der Waals surface area (Å²) in [5.41, 5.74) is 0.814. The highest BCUT2D eigenvalue weighted by molar-refractivity contribution is 7.90. The second-order valence-electron chi connectivity index (χ2n) is 9.23. The number of rotatable bonds is 10. The summed E-state index contributed by atoms with van der Waals surface area (Å²) in [7, 11) is -3.56. The standard InChI is InChI=1S/C27H32O5S/c1-3-16-27(17-4-2)25(28)24(26(29)32-27)23(19-14-15-19)22-13-9-8-10-20(22)18-33(30,31)21-11-6-5-7-12-21/h5-13,19,23,28H,3-4,14-18H2,1-2H3. The van der Waals surface area contributed by atoms with Gasteiger partial charge in [0.25, 0.3) is 0 Å². The van der Waals surface area contributed by atoms with Crippen molar-refractivity contribution >= 4 is 15.8 Å². The molecule has 0 radical (unpaired) electrons. The number of hydrogen-bond acceptors (Lipinski definition) is 5.